The molecule has 0 N–H and O–H groups in total. The normalized spacial score (nSPS) is 13.1. The van der Waals surface area contributed by atoms with E-state index in [0.717, 1.165) is 71.3 Å². The van der Waals surface area contributed by atoms with E-state index in [1.807, 2.05) is 78.9 Å². The second-order valence-corrected chi connectivity index (χ2v) is 11.3. The quantitative estimate of drug-likeness (QED) is 0.190. The first kappa shape index (κ1) is 20.9. The first-order valence-corrected chi connectivity index (χ1v) is 15.0. The largest absolute Gasteiger partial charge is 0.456 e. The van der Waals surface area contributed by atoms with Crippen LogP contribution < -0.4 is 0 Å². The molecule has 1 nitrogen and oxygen atoms in total. The fourth-order valence-corrected chi connectivity index (χ4v) is 6.78. The van der Waals surface area contributed by atoms with E-state index >= 15 is 0 Å². The molecular formula is C44H28O. The smallest absolute Gasteiger partial charge is 0.136 e. The summed E-state index contributed by atoms with van der Waals surface area (Å²) in [6.07, 6.45) is 0. The summed E-state index contributed by atoms with van der Waals surface area (Å²) in [5.74, 6) is 0. The van der Waals surface area contributed by atoms with E-state index in [1.54, 1.807) is 0 Å². The molecule has 1 heteroatoms. The molecule has 0 unspecified atom stereocenters. The Morgan fingerprint density at radius 1 is 0.356 bits per heavy atom. The van der Waals surface area contributed by atoms with E-state index in [0.29, 0.717) is 11.1 Å². The molecule has 9 rings (SSSR count). The average Bonchev–Trinajstić information content (AvgIpc) is 3.53. The highest BCUT2D eigenvalue weighted by Gasteiger charge is 2.21. The van der Waals surface area contributed by atoms with Crippen LogP contribution in [0.2, 0.25) is 0 Å². The van der Waals surface area contributed by atoms with Crippen molar-refractivity contribution in [2.45, 2.75) is 0 Å². The summed E-state index contributed by atoms with van der Waals surface area (Å²) in [4.78, 5) is 0. The zero-order valence-electron chi connectivity index (χ0n) is 29.2. The highest BCUT2D eigenvalue weighted by Crippen LogP contribution is 2.48. The van der Waals surface area contributed by atoms with Gasteiger partial charge in [-0.2, -0.15) is 0 Å². The van der Waals surface area contributed by atoms with Crippen LogP contribution in [0, 0.1) is 0 Å². The molecule has 0 saturated heterocycles. The zero-order valence-corrected chi connectivity index (χ0v) is 24.2. The SMILES string of the molecule is [2H]c1c([2H])c([2H])c(-c2cc3c(cc2-c2c4ccccc4c(-c4cccc(-c5ccccc5)c4)c4ccccc24)oc2ccccc23)c([2H])c1[2H]. The molecular weight excluding hydrogens is 544 g/mol. The Morgan fingerprint density at radius 2 is 0.933 bits per heavy atom. The Morgan fingerprint density at radius 3 is 1.64 bits per heavy atom. The second kappa shape index (κ2) is 10.4. The predicted octanol–water partition coefficient (Wildman–Crippen LogP) is 12.6. The van der Waals surface area contributed by atoms with Crippen LogP contribution >= 0.6 is 0 Å². The van der Waals surface area contributed by atoms with Crippen LogP contribution in [0.3, 0.4) is 0 Å². The standard InChI is InChI=1S/C44H28O/c1-3-14-29(15-4-1)31-18-13-19-32(26-31)43-34-21-7-9-23-36(34)44(37-24-10-8-22-35(37)43)40-28-42-39(33-20-11-12-25-41(33)45-42)27-38(40)30-16-5-2-6-17-30/h1-28H/i2D,5D,6D,16D,17D. The zero-order chi connectivity index (χ0) is 34.1. The van der Waals surface area contributed by atoms with Crippen LogP contribution in [-0.2, 0) is 0 Å². The van der Waals surface area contributed by atoms with Crippen molar-refractivity contribution < 1.29 is 11.3 Å². The van der Waals surface area contributed by atoms with Gasteiger partial charge in [-0.1, -0.05) is 145 Å². The highest BCUT2D eigenvalue weighted by molar-refractivity contribution is 6.23. The van der Waals surface area contributed by atoms with Gasteiger partial charge in [0.1, 0.15) is 11.2 Å². The third kappa shape index (κ3) is 4.17. The third-order valence-corrected chi connectivity index (χ3v) is 8.75. The minimum absolute atomic E-state index is 0.158. The summed E-state index contributed by atoms with van der Waals surface area (Å²) in [5.41, 5.74) is 8.17. The molecule has 0 atom stereocenters. The molecule has 0 aliphatic carbocycles. The van der Waals surface area contributed by atoms with Gasteiger partial charge in [-0.25, -0.2) is 0 Å². The average molecular weight is 578 g/mol. The second-order valence-electron chi connectivity index (χ2n) is 11.3. The summed E-state index contributed by atoms with van der Waals surface area (Å²) in [6, 6.07) is 45.7. The monoisotopic (exact) mass is 577 g/mol. The predicted molar refractivity (Wildman–Crippen MR) is 190 cm³/mol. The maximum atomic E-state index is 9.03. The third-order valence-electron chi connectivity index (χ3n) is 8.75. The minimum Gasteiger partial charge on any atom is -0.456 e. The van der Waals surface area contributed by atoms with Gasteiger partial charge in [-0.15, -0.1) is 0 Å². The van der Waals surface area contributed by atoms with E-state index in [1.165, 1.54) is 0 Å². The summed E-state index contributed by atoms with van der Waals surface area (Å²) in [7, 11) is 0. The maximum Gasteiger partial charge on any atom is 0.136 e. The lowest BCUT2D eigenvalue weighted by Crippen LogP contribution is -1.93. The Kier molecular flexibility index (Phi) is 4.81. The van der Waals surface area contributed by atoms with E-state index < -0.39 is 6.04 Å². The Labute approximate surface area is 268 Å². The Balaban J connectivity index is 1.43. The number of rotatable bonds is 4. The first-order valence-electron chi connectivity index (χ1n) is 17.5. The summed E-state index contributed by atoms with van der Waals surface area (Å²) < 4.78 is 49.9. The van der Waals surface area contributed by atoms with Crippen LogP contribution in [0.25, 0.3) is 88.0 Å². The molecule has 9 aromatic rings. The molecule has 45 heavy (non-hydrogen) atoms. The van der Waals surface area contributed by atoms with E-state index in [9.17, 15) is 0 Å². The van der Waals surface area contributed by atoms with Gasteiger partial charge in [0.2, 0.25) is 0 Å². The summed E-state index contributed by atoms with van der Waals surface area (Å²) in [5, 5.41) is 5.76. The van der Waals surface area contributed by atoms with Crippen LogP contribution in [0.15, 0.2) is 174 Å². The summed E-state index contributed by atoms with van der Waals surface area (Å²) in [6.45, 7) is 0. The lowest BCUT2D eigenvalue weighted by molar-refractivity contribution is 0.669. The van der Waals surface area contributed by atoms with Crippen molar-refractivity contribution >= 4 is 43.5 Å². The van der Waals surface area contributed by atoms with Gasteiger partial charge in [0.05, 0.1) is 6.85 Å². The number of hydrogen-bond donors (Lipinski definition) is 0. The molecule has 1 aromatic heterocycles. The van der Waals surface area contributed by atoms with Crippen molar-refractivity contribution in [3.63, 3.8) is 0 Å². The molecule has 0 amide bonds. The van der Waals surface area contributed by atoms with Gasteiger partial charge in [-0.05, 0) is 90.3 Å². The molecule has 210 valence electrons. The fraction of sp³-hybridized carbons (Fsp3) is 0. The van der Waals surface area contributed by atoms with Crippen molar-refractivity contribution in [2.24, 2.45) is 0 Å². The van der Waals surface area contributed by atoms with Gasteiger partial charge in [0.25, 0.3) is 0 Å². The lowest BCUT2D eigenvalue weighted by Gasteiger charge is -2.20. The lowest BCUT2D eigenvalue weighted by atomic mass is 9.83. The number of hydrogen-bond acceptors (Lipinski definition) is 1. The number of fused-ring (bicyclic) bond motifs is 5. The van der Waals surface area contributed by atoms with Gasteiger partial charge < -0.3 is 4.42 Å². The van der Waals surface area contributed by atoms with Crippen molar-refractivity contribution in [2.75, 3.05) is 0 Å². The number of furan rings is 1. The van der Waals surface area contributed by atoms with Crippen molar-refractivity contribution in [3.05, 3.63) is 170 Å². The van der Waals surface area contributed by atoms with Crippen molar-refractivity contribution in [1.82, 2.24) is 0 Å². The van der Waals surface area contributed by atoms with Crippen LogP contribution in [0.4, 0.5) is 0 Å². The minimum atomic E-state index is -0.418. The first-order chi connectivity index (χ1) is 24.4. The van der Waals surface area contributed by atoms with Crippen molar-refractivity contribution in [1.29, 1.82) is 0 Å². The van der Waals surface area contributed by atoms with Gasteiger partial charge in [0, 0.05) is 10.8 Å². The maximum absolute atomic E-state index is 9.03. The molecule has 0 bridgehead atoms. The highest BCUT2D eigenvalue weighted by atomic mass is 16.3. The van der Waals surface area contributed by atoms with E-state index in [-0.39, 0.29) is 29.7 Å². The Hall–Kier alpha value is -5.92. The molecule has 0 fully saturated rings. The molecule has 0 spiro atoms. The molecule has 0 aliphatic rings. The molecule has 8 aromatic carbocycles. The topological polar surface area (TPSA) is 13.1 Å². The van der Waals surface area contributed by atoms with Crippen LogP contribution in [-0.4, -0.2) is 0 Å². The number of benzene rings is 8. The molecule has 0 aliphatic heterocycles. The Bertz CT molecular complexity index is 2730. The van der Waals surface area contributed by atoms with E-state index in [2.05, 4.69) is 60.7 Å². The molecule has 1 heterocycles. The van der Waals surface area contributed by atoms with Crippen molar-refractivity contribution in [3.8, 4) is 44.5 Å². The van der Waals surface area contributed by atoms with Gasteiger partial charge in [-0.3, -0.25) is 0 Å². The van der Waals surface area contributed by atoms with Gasteiger partial charge in [0.15, 0.2) is 0 Å². The van der Waals surface area contributed by atoms with Crippen LogP contribution in [0.5, 0.6) is 0 Å². The number of para-hydroxylation sites is 1. The summed E-state index contributed by atoms with van der Waals surface area (Å²) >= 11 is 0. The van der Waals surface area contributed by atoms with Crippen LogP contribution in [0.1, 0.15) is 6.85 Å². The van der Waals surface area contributed by atoms with E-state index in [4.69, 9.17) is 11.3 Å². The fourth-order valence-electron chi connectivity index (χ4n) is 6.78. The molecule has 0 radical (unpaired) electrons. The molecule has 0 saturated carbocycles. The van der Waals surface area contributed by atoms with Gasteiger partial charge >= 0.3 is 0 Å².